The van der Waals surface area contributed by atoms with Crippen LogP contribution in [0.4, 0.5) is 13.2 Å². The first kappa shape index (κ1) is 17.5. The zero-order valence-electron chi connectivity index (χ0n) is 11.8. The van der Waals surface area contributed by atoms with E-state index in [0.29, 0.717) is 10.3 Å². The molecule has 4 nitrogen and oxygen atoms in total. The molecule has 2 rings (SSSR count). The van der Waals surface area contributed by atoms with E-state index < -0.39 is 11.9 Å². The summed E-state index contributed by atoms with van der Waals surface area (Å²) in [4.78, 5) is 6.68. The summed E-state index contributed by atoms with van der Waals surface area (Å²) in [6.45, 7) is 4.00. The number of halogens is 3. The number of aromatic nitrogens is 1. The van der Waals surface area contributed by atoms with Crippen molar-refractivity contribution in [1.82, 2.24) is 9.82 Å². The Hall–Kier alpha value is -1.51. The van der Waals surface area contributed by atoms with Gasteiger partial charge >= 0.3 is 6.18 Å². The Balaban J connectivity index is 0.00000106. The first-order valence-electron chi connectivity index (χ1n) is 6.14. The fourth-order valence-electron chi connectivity index (χ4n) is 1.64. The van der Waals surface area contributed by atoms with Crippen LogP contribution in [0.5, 0.6) is 5.75 Å². The summed E-state index contributed by atoms with van der Waals surface area (Å²) in [5, 5.41) is 0.537. The van der Waals surface area contributed by atoms with Gasteiger partial charge in [0, 0.05) is 10.3 Å². The lowest BCUT2D eigenvalue weighted by Gasteiger charge is -2.11. The van der Waals surface area contributed by atoms with Crippen molar-refractivity contribution in [3.8, 4) is 5.75 Å². The number of benzene rings is 1. The second-order valence-corrected chi connectivity index (χ2v) is 4.46. The molecule has 3 N–H and O–H groups in total. The zero-order valence-corrected chi connectivity index (χ0v) is 12.6. The SMILES string of the molecule is CC.COc1ccc(SNN)c2ccc(C(F)(F)F)nc12. The highest BCUT2D eigenvalue weighted by Crippen LogP contribution is 2.35. The van der Waals surface area contributed by atoms with Crippen molar-refractivity contribution in [1.29, 1.82) is 0 Å². The number of hydrogen-bond donors (Lipinski definition) is 2. The molecule has 0 fully saturated rings. The Morgan fingerprint density at radius 2 is 1.86 bits per heavy atom. The molecule has 0 amide bonds. The molecule has 0 radical (unpaired) electrons. The number of ether oxygens (including phenoxy) is 1. The van der Waals surface area contributed by atoms with Crippen LogP contribution in [-0.4, -0.2) is 12.1 Å². The smallest absolute Gasteiger partial charge is 0.433 e. The Morgan fingerprint density at radius 1 is 1.19 bits per heavy atom. The fraction of sp³-hybridized carbons (Fsp3) is 0.308. The third-order valence-electron chi connectivity index (χ3n) is 2.46. The minimum atomic E-state index is -4.49. The summed E-state index contributed by atoms with van der Waals surface area (Å²) in [7, 11) is 1.38. The number of hydrogen-bond acceptors (Lipinski definition) is 5. The third-order valence-corrected chi connectivity index (χ3v) is 3.15. The van der Waals surface area contributed by atoms with E-state index in [1.165, 1.54) is 13.2 Å². The standard InChI is InChI=1S/C11H10F3N3OS.C2H6/c1-18-7-3-4-8(19-17-15)6-2-5-9(11(12,13)14)16-10(6)7;1-2/h2-5,17H,15H2,1H3;1-2H3. The number of pyridine rings is 1. The maximum absolute atomic E-state index is 12.7. The molecule has 0 spiro atoms. The van der Waals surface area contributed by atoms with Gasteiger partial charge in [0.1, 0.15) is 17.0 Å². The molecule has 0 aliphatic rings. The van der Waals surface area contributed by atoms with Crippen LogP contribution in [0.2, 0.25) is 0 Å². The van der Waals surface area contributed by atoms with Gasteiger partial charge in [0.25, 0.3) is 0 Å². The number of nitrogens with one attached hydrogen (secondary N) is 1. The highest BCUT2D eigenvalue weighted by atomic mass is 32.2. The molecular weight excluding hydrogens is 303 g/mol. The molecule has 8 heteroatoms. The minimum Gasteiger partial charge on any atom is -0.494 e. The van der Waals surface area contributed by atoms with Crippen molar-refractivity contribution < 1.29 is 17.9 Å². The first-order valence-corrected chi connectivity index (χ1v) is 6.96. The molecule has 116 valence electrons. The number of methoxy groups -OCH3 is 1. The second-order valence-electron chi connectivity index (χ2n) is 3.58. The van der Waals surface area contributed by atoms with Crippen LogP contribution < -0.4 is 15.4 Å². The summed E-state index contributed by atoms with van der Waals surface area (Å²) in [6, 6.07) is 5.53. The molecule has 1 aromatic carbocycles. The van der Waals surface area contributed by atoms with Crippen LogP contribution in [0.1, 0.15) is 19.5 Å². The van der Waals surface area contributed by atoms with Crippen molar-refractivity contribution in [3.63, 3.8) is 0 Å². The third kappa shape index (κ3) is 3.99. The summed E-state index contributed by atoms with van der Waals surface area (Å²) < 4.78 is 43.0. The maximum Gasteiger partial charge on any atom is 0.433 e. The summed E-state index contributed by atoms with van der Waals surface area (Å²) >= 11 is 1.09. The molecule has 0 aliphatic heterocycles. The van der Waals surface area contributed by atoms with E-state index in [2.05, 4.69) is 9.82 Å². The predicted octanol–water partition coefficient (Wildman–Crippen LogP) is 3.76. The molecule has 0 atom stereocenters. The van der Waals surface area contributed by atoms with Crippen LogP contribution >= 0.6 is 11.9 Å². The predicted molar refractivity (Wildman–Crippen MR) is 77.8 cm³/mol. The number of hydrazine groups is 1. The van der Waals surface area contributed by atoms with Crippen molar-refractivity contribution in [3.05, 3.63) is 30.0 Å². The largest absolute Gasteiger partial charge is 0.494 e. The molecule has 2 aromatic rings. The lowest BCUT2D eigenvalue weighted by Crippen LogP contribution is -2.11. The van der Waals surface area contributed by atoms with E-state index in [-0.39, 0.29) is 11.3 Å². The molecule has 0 aliphatic carbocycles. The van der Waals surface area contributed by atoms with E-state index in [1.54, 1.807) is 12.1 Å². The van der Waals surface area contributed by atoms with Gasteiger partial charge in [-0.1, -0.05) is 13.8 Å². The van der Waals surface area contributed by atoms with Gasteiger partial charge in [-0.15, -0.1) is 0 Å². The van der Waals surface area contributed by atoms with Gasteiger partial charge in [0.2, 0.25) is 0 Å². The number of nitrogens with two attached hydrogens (primary N) is 1. The Morgan fingerprint density at radius 3 is 2.38 bits per heavy atom. The van der Waals surface area contributed by atoms with Crippen LogP contribution in [0.3, 0.4) is 0 Å². The summed E-state index contributed by atoms with van der Waals surface area (Å²) in [5.41, 5.74) is -0.807. The molecule has 21 heavy (non-hydrogen) atoms. The van der Waals surface area contributed by atoms with Gasteiger partial charge < -0.3 is 4.74 Å². The van der Waals surface area contributed by atoms with Crippen molar-refractivity contribution in [2.75, 3.05) is 7.11 Å². The fourth-order valence-corrected chi connectivity index (χ4v) is 2.18. The van der Waals surface area contributed by atoms with Crippen LogP contribution in [0.15, 0.2) is 29.2 Å². The summed E-state index contributed by atoms with van der Waals surface area (Å²) in [6.07, 6.45) is -4.49. The van der Waals surface area contributed by atoms with Crippen molar-refractivity contribution in [2.45, 2.75) is 24.9 Å². The normalized spacial score (nSPS) is 11.0. The van der Waals surface area contributed by atoms with Gasteiger partial charge in [-0.3, -0.25) is 5.84 Å². The Bertz CT molecular complexity index is 605. The lowest BCUT2D eigenvalue weighted by atomic mass is 10.2. The highest BCUT2D eigenvalue weighted by molar-refractivity contribution is 7.97. The average Bonchev–Trinajstić information content (AvgIpc) is 2.48. The van der Waals surface area contributed by atoms with Gasteiger partial charge in [-0.2, -0.15) is 18.0 Å². The molecule has 0 saturated heterocycles. The zero-order chi connectivity index (χ0) is 16.0. The average molecular weight is 319 g/mol. The maximum atomic E-state index is 12.7. The Kier molecular flexibility index (Phi) is 6.25. The minimum absolute atomic E-state index is 0.151. The van der Waals surface area contributed by atoms with Crippen LogP contribution in [0, 0.1) is 0 Å². The van der Waals surface area contributed by atoms with Gasteiger partial charge in [-0.05, 0) is 36.2 Å². The van der Waals surface area contributed by atoms with Gasteiger partial charge in [0.05, 0.1) is 7.11 Å². The molecule has 1 aromatic heterocycles. The molecule has 0 unspecified atom stereocenters. The number of rotatable bonds is 3. The lowest BCUT2D eigenvalue weighted by molar-refractivity contribution is -0.140. The quantitative estimate of drug-likeness (QED) is 0.512. The van der Waals surface area contributed by atoms with E-state index in [0.717, 1.165) is 18.0 Å². The summed E-state index contributed by atoms with van der Waals surface area (Å²) in [5.74, 6) is 5.48. The van der Waals surface area contributed by atoms with Crippen LogP contribution in [-0.2, 0) is 6.18 Å². The molecular formula is C13H16F3N3OS. The molecule has 0 bridgehead atoms. The monoisotopic (exact) mass is 319 g/mol. The van der Waals surface area contributed by atoms with E-state index in [9.17, 15) is 13.2 Å². The second kappa shape index (κ2) is 7.48. The number of nitrogens with zero attached hydrogens (tertiary/aromatic N) is 1. The van der Waals surface area contributed by atoms with E-state index in [1.807, 2.05) is 13.8 Å². The molecule has 0 saturated carbocycles. The number of alkyl halides is 3. The van der Waals surface area contributed by atoms with Crippen molar-refractivity contribution in [2.24, 2.45) is 5.84 Å². The van der Waals surface area contributed by atoms with Crippen molar-refractivity contribution >= 4 is 22.9 Å². The van der Waals surface area contributed by atoms with E-state index in [4.69, 9.17) is 10.6 Å². The highest BCUT2D eigenvalue weighted by Gasteiger charge is 2.32. The van der Waals surface area contributed by atoms with E-state index >= 15 is 0 Å². The van der Waals surface area contributed by atoms with Crippen LogP contribution in [0.25, 0.3) is 10.9 Å². The Labute approximate surface area is 125 Å². The topological polar surface area (TPSA) is 60.2 Å². The van der Waals surface area contributed by atoms with Gasteiger partial charge in [-0.25, -0.2) is 4.98 Å². The molecule has 1 heterocycles. The van der Waals surface area contributed by atoms with Gasteiger partial charge in [0.15, 0.2) is 0 Å². The number of fused-ring (bicyclic) bond motifs is 1. The first-order chi connectivity index (χ1) is 9.97.